The summed E-state index contributed by atoms with van der Waals surface area (Å²) in [6, 6.07) is 7.51. The third-order valence-corrected chi connectivity index (χ3v) is 5.95. The van der Waals surface area contributed by atoms with Gasteiger partial charge in [-0.15, -0.1) is 0 Å². The van der Waals surface area contributed by atoms with Gasteiger partial charge in [0, 0.05) is 23.7 Å². The van der Waals surface area contributed by atoms with Crippen molar-refractivity contribution < 1.29 is 9.53 Å². The molecule has 30 heavy (non-hydrogen) atoms. The molecule has 1 aromatic heterocycles. The number of benzene rings is 1. The van der Waals surface area contributed by atoms with Crippen molar-refractivity contribution in [3.8, 4) is 5.75 Å². The maximum atomic E-state index is 13.3. The molecule has 0 aliphatic carbocycles. The molecule has 0 radical (unpaired) electrons. The Kier molecular flexibility index (Phi) is 5.52. The minimum Gasteiger partial charge on any atom is -0.491 e. The standard InChI is InChI=1S/C24H30N4O2/c1-16-10-11-17(2)23-20-14-27(15-21(20)25-28(23)18(16)3)24(29)19-8-6-7-9-22(19)30-13-12-26(4)5/h6-11,17H,12-15H2,1-5H3. The van der Waals surface area contributed by atoms with E-state index in [1.54, 1.807) is 0 Å². The van der Waals surface area contributed by atoms with E-state index in [1.807, 2.05) is 43.3 Å². The SMILES string of the molecule is CC1=C(C)n2nc3c(c2C(C)C=C1)CN(C(=O)c1ccccc1OCCN(C)C)C3. The van der Waals surface area contributed by atoms with E-state index in [1.165, 1.54) is 16.8 Å². The largest absolute Gasteiger partial charge is 0.491 e. The van der Waals surface area contributed by atoms with Crippen molar-refractivity contribution >= 4 is 11.6 Å². The molecule has 1 unspecified atom stereocenters. The number of para-hydroxylation sites is 1. The third-order valence-electron chi connectivity index (χ3n) is 5.95. The fraction of sp³-hybridized carbons (Fsp3) is 0.417. The van der Waals surface area contributed by atoms with Gasteiger partial charge in [0.2, 0.25) is 0 Å². The van der Waals surface area contributed by atoms with Gasteiger partial charge >= 0.3 is 0 Å². The number of allylic oxidation sites excluding steroid dienone is 4. The second kappa shape index (κ2) is 8.11. The second-order valence-electron chi connectivity index (χ2n) is 8.45. The summed E-state index contributed by atoms with van der Waals surface area (Å²) in [5, 5.41) is 4.88. The van der Waals surface area contributed by atoms with E-state index in [0.717, 1.165) is 17.9 Å². The molecule has 2 aromatic rings. The monoisotopic (exact) mass is 406 g/mol. The first-order chi connectivity index (χ1) is 14.4. The van der Waals surface area contributed by atoms with Gasteiger partial charge in [0.05, 0.1) is 30.0 Å². The molecule has 0 fully saturated rings. The Morgan fingerprint density at radius 2 is 2.00 bits per heavy atom. The normalized spacial score (nSPS) is 17.9. The van der Waals surface area contributed by atoms with Crippen molar-refractivity contribution in [3.05, 3.63) is 64.5 Å². The topological polar surface area (TPSA) is 50.6 Å². The third kappa shape index (κ3) is 3.67. The smallest absolute Gasteiger partial charge is 0.258 e. The van der Waals surface area contributed by atoms with Crippen LogP contribution in [0.5, 0.6) is 5.75 Å². The summed E-state index contributed by atoms with van der Waals surface area (Å²) < 4.78 is 7.99. The van der Waals surface area contributed by atoms with Crippen molar-refractivity contribution in [3.63, 3.8) is 0 Å². The van der Waals surface area contributed by atoms with Gasteiger partial charge in [0.15, 0.2) is 0 Å². The van der Waals surface area contributed by atoms with Crippen LogP contribution < -0.4 is 4.74 Å². The maximum Gasteiger partial charge on any atom is 0.258 e. The highest BCUT2D eigenvalue weighted by Crippen LogP contribution is 2.36. The van der Waals surface area contributed by atoms with Gasteiger partial charge in [-0.2, -0.15) is 5.10 Å². The Labute approximate surface area is 178 Å². The highest BCUT2D eigenvalue weighted by Gasteiger charge is 2.33. The number of carbonyl (C=O) groups excluding carboxylic acids is 1. The minimum absolute atomic E-state index is 0.00698. The average molecular weight is 407 g/mol. The highest BCUT2D eigenvalue weighted by atomic mass is 16.5. The lowest BCUT2D eigenvalue weighted by molar-refractivity contribution is 0.0744. The van der Waals surface area contributed by atoms with Crippen molar-refractivity contribution in [2.24, 2.45) is 0 Å². The fourth-order valence-electron chi connectivity index (χ4n) is 4.05. The van der Waals surface area contributed by atoms with Gasteiger partial charge in [0.1, 0.15) is 12.4 Å². The molecule has 0 saturated carbocycles. The fourth-order valence-corrected chi connectivity index (χ4v) is 4.05. The summed E-state index contributed by atoms with van der Waals surface area (Å²) in [6.45, 7) is 8.87. The molecule has 4 rings (SSSR count). The van der Waals surface area contributed by atoms with Crippen molar-refractivity contribution in [1.29, 1.82) is 0 Å². The van der Waals surface area contributed by atoms with Crippen LogP contribution in [0.25, 0.3) is 5.70 Å². The number of fused-ring (bicyclic) bond motifs is 3. The van der Waals surface area contributed by atoms with E-state index in [2.05, 4.69) is 42.5 Å². The molecule has 2 aliphatic rings. The summed E-state index contributed by atoms with van der Waals surface area (Å²) in [6.07, 6.45) is 4.39. The predicted molar refractivity (Wildman–Crippen MR) is 118 cm³/mol. The quantitative estimate of drug-likeness (QED) is 0.756. The number of amides is 1. The molecule has 0 saturated heterocycles. The number of carbonyl (C=O) groups is 1. The number of hydrogen-bond acceptors (Lipinski definition) is 4. The zero-order valence-corrected chi connectivity index (χ0v) is 18.5. The lowest BCUT2D eigenvalue weighted by atomic mass is 10.0. The Hall–Kier alpha value is -2.86. The zero-order chi connectivity index (χ0) is 21.4. The second-order valence-corrected chi connectivity index (χ2v) is 8.45. The van der Waals surface area contributed by atoms with Gasteiger partial charge in [-0.3, -0.25) is 4.79 Å². The van der Waals surface area contributed by atoms with Gasteiger partial charge < -0.3 is 14.5 Å². The van der Waals surface area contributed by atoms with Gasteiger partial charge in [-0.25, -0.2) is 4.68 Å². The molecule has 0 N–H and O–H groups in total. The number of hydrogen-bond donors (Lipinski definition) is 0. The molecular formula is C24H30N4O2. The molecule has 3 heterocycles. The lowest BCUT2D eigenvalue weighted by Gasteiger charge is -2.20. The summed E-state index contributed by atoms with van der Waals surface area (Å²) in [5.74, 6) is 0.889. The van der Waals surface area contributed by atoms with E-state index < -0.39 is 0 Å². The zero-order valence-electron chi connectivity index (χ0n) is 18.5. The first-order valence-electron chi connectivity index (χ1n) is 10.5. The van der Waals surface area contributed by atoms with E-state index in [0.29, 0.717) is 31.0 Å². The molecular weight excluding hydrogens is 376 g/mol. The summed E-state index contributed by atoms with van der Waals surface area (Å²) in [7, 11) is 4.01. The molecule has 1 atom stereocenters. The molecule has 158 valence electrons. The van der Waals surface area contributed by atoms with E-state index >= 15 is 0 Å². The molecule has 1 aromatic carbocycles. The molecule has 6 nitrogen and oxygen atoms in total. The van der Waals surface area contributed by atoms with Gasteiger partial charge in [-0.1, -0.05) is 31.2 Å². The number of nitrogens with zero attached hydrogens (tertiary/aromatic N) is 4. The lowest BCUT2D eigenvalue weighted by Crippen LogP contribution is -2.27. The van der Waals surface area contributed by atoms with Gasteiger partial charge in [-0.05, 0) is 45.6 Å². The Morgan fingerprint density at radius 1 is 1.23 bits per heavy atom. The maximum absolute atomic E-state index is 13.3. The molecule has 0 bridgehead atoms. The van der Waals surface area contributed by atoms with Crippen LogP contribution in [0, 0.1) is 0 Å². The van der Waals surface area contributed by atoms with Crippen LogP contribution in [0.15, 0.2) is 42.0 Å². The van der Waals surface area contributed by atoms with Crippen LogP contribution in [0.3, 0.4) is 0 Å². The van der Waals surface area contributed by atoms with E-state index in [-0.39, 0.29) is 11.8 Å². The summed E-state index contributed by atoms with van der Waals surface area (Å²) >= 11 is 0. The van der Waals surface area contributed by atoms with Crippen LogP contribution in [-0.2, 0) is 13.1 Å². The molecule has 1 amide bonds. The number of likely N-dealkylation sites (N-methyl/N-ethyl adjacent to an activating group) is 1. The average Bonchev–Trinajstić information content (AvgIpc) is 3.26. The minimum atomic E-state index is -0.00698. The number of ether oxygens (including phenoxy) is 1. The predicted octanol–water partition coefficient (Wildman–Crippen LogP) is 3.90. The number of rotatable bonds is 5. The highest BCUT2D eigenvalue weighted by molar-refractivity contribution is 5.97. The van der Waals surface area contributed by atoms with Crippen LogP contribution in [-0.4, -0.2) is 52.7 Å². The summed E-state index contributed by atoms with van der Waals surface area (Å²) in [5.41, 5.74) is 6.36. The summed E-state index contributed by atoms with van der Waals surface area (Å²) in [4.78, 5) is 17.3. The van der Waals surface area contributed by atoms with Crippen LogP contribution in [0.4, 0.5) is 0 Å². The van der Waals surface area contributed by atoms with Gasteiger partial charge in [0.25, 0.3) is 5.91 Å². The first kappa shape index (κ1) is 20.4. The molecule has 2 aliphatic heterocycles. The number of aromatic nitrogens is 2. The van der Waals surface area contributed by atoms with Crippen molar-refractivity contribution in [1.82, 2.24) is 19.6 Å². The van der Waals surface area contributed by atoms with Crippen LogP contribution in [0.1, 0.15) is 54.0 Å². The Morgan fingerprint density at radius 3 is 2.77 bits per heavy atom. The Balaban J connectivity index is 1.57. The van der Waals surface area contributed by atoms with Crippen molar-refractivity contribution in [2.45, 2.75) is 39.8 Å². The van der Waals surface area contributed by atoms with Crippen LogP contribution in [0.2, 0.25) is 0 Å². The van der Waals surface area contributed by atoms with E-state index in [4.69, 9.17) is 9.84 Å². The molecule has 6 heteroatoms. The Bertz CT molecular complexity index is 1030. The first-order valence-corrected chi connectivity index (χ1v) is 10.5. The van der Waals surface area contributed by atoms with Crippen LogP contribution >= 0.6 is 0 Å². The van der Waals surface area contributed by atoms with Crippen molar-refractivity contribution in [2.75, 3.05) is 27.2 Å². The molecule has 0 spiro atoms. The van der Waals surface area contributed by atoms with E-state index in [9.17, 15) is 4.79 Å².